The molecule has 0 fully saturated rings. The molecule has 0 aliphatic heterocycles. The molecule has 1 aromatic heterocycles. The van der Waals surface area contributed by atoms with E-state index in [4.69, 9.17) is 0 Å². The molecule has 0 bridgehead atoms. The molecule has 1 heterocycles. The van der Waals surface area contributed by atoms with E-state index in [1.807, 2.05) is 0 Å². The lowest BCUT2D eigenvalue weighted by atomic mass is 10.3. The lowest BCUT2D eigenvalue weighted by molar-refractivity contribution is 0.624. The predicted molar refractivity (Wildman–Crippen MR) is 82.8 cm³/mol. The number of nitrogens with zero attached hydrogens (tertiary/aromatic N) is 1. The van der Waals surface area contributed by atoms with Crippen LogP contribution in [-0.4, -0.2) is 19.0 Å². The van der Waals surface area contributed by atoms with Crippen LogP contribution in [0.5, 0.6) is 0 Å². The van der Waals surface area contributed by atoms with Crippen molar-refractivity contribution >= 4 is 41.3 Å². The van der Waals surface area contributed by atoms with Crippen LogP contribution in [-0.2, 0) is 6.54 Å². The average molecular weight is 353 g/mol. The highest BCUT2D eigenvalue weighted by molar-refractivity contribution is 14.0. The summed E-state index contributed by atoms with van der Waals surface area (Å²) in [6.07, 6.45) is 1.10. The molecule has 0 radical (unpaired) electrons. The second-order valence-corrected chi connectivity index (χ2v) is 4.49. The monoisotopic (exact) mass is 353 g/mol. The maximum atomic E-state index is 4.17. The average Bonchev–Trinajstić information content (AvgIpc) is 2.76. The van der Waals surface area contributed by atoms with Crippen LogP contribution < -0.4 is 10.6 Å². The Kier molecular flexibility index (Phi) is 8.64. The normalized spacial score (nSPS) is 12.8. The molecule has 0 saturated carbocycles. The second kappa shape index (κ2) is 8.81. The first kappa shape index (κ1) is 15.7. The van der Waals surface area contributed by atoms with Gasteiger partial charge in [0, 0.05) is 18.0 Å². The van der Waals surface area contributed by atoms with E-state index in [2.05, 4.69) is 47.0 Å². The summed E-state index contributed by atoms with van der Waals surface area (Å²) in [7, 11) is 1.80. The van der Waals surface area contributed by atoms with E-state index < -0.39 is 0 Å². The molecule has 16 heavy (non-hydrogen) atoms. The molecule has 1 rings (SSSR count). The van der Waals surface area contributed by atoms with Crippen molar-refractivity contribution < 1.29 is 0 Å². The van der Waals surface area contributed by atoms with Gasteiger partial charge in [-0.2, -0.15) is 0 Å². The molecule has 3 nitrogen and oxygen atoms in total. The molecule has 1 unspecified atom stereocenters. The number of hydrogen-bond donors (Lipinski definition) is 2. The third-order valence-corrected chi connectivity index (χ3v) is 3.11. The topological polar surface area (TPSA) is 36.4 Å². The van der Waals surface area contributed by atoms with Crippen molar-refractivity contribution in [2.45, 2.75) is 32.9 Å². The van der Waals surface area contributed by atoms with Crippen LogP contribution in [0, 0.1) is 0 Å². The number of halogens is 1. The molecule has 5 heteroatoms. The summed E-state index contributed by atoms with van der Waals surface area (Å²) in [5.74, 6) is 0.873. The summed E-state index contributed by atoms with van der Waals surface area (Å²) < 4.78 is 0. The fourth-order valence-corrected chi connectivity index (χ4v) is 1.76. The minimum absolute atomic E-state index is 0. The van der Waals surface area contributed by atoms with Gasteiger partial charge in [0.2, 0.25) is 0 Å². The molecular weight excluding hydrogens is 333 g/mol. The van der Waals surface area contributed by atoms with Gasteiger partial charge >= 0.3 is 0 Å². The Morgan fingerprint density at radius 2 is 2.31 bits per heavy atom. The van der Waals surface area contributed by atoms with Crippen molar-refractivity contribution in [1.82, 2.24) is 10.6 Å². The molecular formula is C11H20IN3S. The van der Waals surface area contributed by atoms with Gasteiger partial charge in [-0.05, 0) is 24.8 Å². The number of aliphatic imine (C=N–C) groups is 1. The highest BCUT2D eigenvalue weighted by Gasteiger charge is 2.02. The third-order valence-electron chi connectivity index (χ3n) is 2.23. The Balaban J connectivity index is 0.00000225. The van der Waals surface area contributed by atoms with E-state index in [1.165, 1.54) is 4.88 Å². The number of thiophene rings is 1. The van der Waals surface area contributed by atoms with E-state index in [1.54, 1.807) is 18.4 Å². The highest BCUT2D eigenvalue weighted by atomic mass is 127. The summed E-state index contributed by atoms with van der Waals surface area (Å²) in [5.41, 5.74) is 0. The van der Waals surface area contributed by atoms with Crippen molar-refractivity contribution in [3.05, 3.63) is 22.4 Å². The summed E-state index contributed by atoms with van der Waals surface area (Å²) >= 11 is 1.75. The SMILES string of the molecule is CCC(C)NC(=NC)NCc1cccs1.I. The quantitative estimate of drug-likeness (QED) is 0.496. The van der Waals surface area contributed by atoms with E-state index in [9.17, 15) is 0 Å². The van der Waals surface area contributed by atoms with Crippen LogP contribution in [0.2, 0.25) is 0 Å². The molecule has 0 aliphatic carbocycles. The minimum Gasteiger partial charge on any atom is -0.354 e. The number of guanidine groups is 1. The van der Waals surface area contributed by atoms with Gasteiger partial charge in [-0.3, -0.25) is 4.99 Å². The van der Waals surface area contributed by atoms with Gasteiger partial charge in [0.25, 0.3) is 0 Å². The molecule has 0 aromatic carbocycles. The Morgan fingerprint density at radius 1 is 1.56 bits per heavy atom. The zero-order valence-corrected chi connectivity index (χ0v) is 13.1. The van der Waals surface area contributed by atoms with Crippen LogP contribution in [0.1, 0.15) is 25.1 Å². The maximum Gasteiger partial charge on any atom is 0.191 e. The zero-order chi connectivity index (χ0) is 11.1. The first-order chi connectivity index (χ1) is 7.26. The van der Waals surface area contributed by atoms with Crippen molar-refractivity contribution in [3.63, 3.8) is 0 Å². The molecule has 1 atom stereocenters. The Hall–Kier alpha value is -0.300. The summed E-state index contributed by atoms with van der Waals surface area (Å²) in [4.78, 5) is 5.50. The number of rotatable bonds is 4. The van der Waals surface area contributed by atoms with Crippen molar-refractivity contribution in [2.24, 2.45) is 4.99 Å². The molecule has 92 valence electrons. The van der Waals surface area contributed by atoms with Crippen LogP contribution in [0.25, 0.3) is 0 Å². The minimum atomic E-state index is 0. The fraction of sp³-hybridized carbons (Fsp3) is 0.545. The van der Waals surface area contributed by atoms with Crippen molar-refractivity contribution in [3.8, 4) is 0 Å². The van der Waals surface area contributed by atoms with Crippen LogP contribution in [0.4, 0.5) is 0 Å². The lowest BCUT2D eigenvalue weighted by Crippen LogP contribution is -2.41. The largest absolute Gasteiger partial charge is 0.354 e. The Morgan fingerprint density at radius 3 is 2.81 bits per heavy atom. The standard InChI is InChI=1S/C11H19N3S.HI/c1-4-9(2)14-11(12-3)13-8-10-6-5-7-15-10;/h5-7,9H,4,8H2,1-3H3,(H2,12,13,14);1H. The molecule has 0 amide bonds. The van der Waals surface area contributed by atoms with Crippen molar-refractivity contribution in [1.29, 1.82) is 0 Å². The number of nitrogens with one attached hydrogen (secondary N) is 2. The van der Waals surface area contributed by atoms with Crippen LogP contribution >= 0.6 is 35.3 Å². The summed E-state index contributed by atoms with van der Waals surface area (Å²) in [5, 5.41) is 8.69. The number of hydrogen-bond acceptors (Lipinski definition) is 2. The van der Waals surface area contributed by atoms with Gasteiger partial charge in [-0.25, -0.2) is 0 Å². The van der Waals surface area contributed by atoms with Gasteiger partial charge in [0.15, 0.2) is 5.96 Å². The lowest BCUT2D eigenvalue weighted by Gasteiger charge is -2.15. The fourth-order valence-electron chi connectivity index (χ4n) is 1.11. The van der Waals surface area contributed by atoms with E-state index in [0.717, 1.165) is 18.9 Å². The first-order valence-electron chi connectivity index (χ1n) is 5.25. The molecule has 0 saturated heterocycles. The Labute approximate surface area is 119 Å². The first-order valence-corrected chi connectivity index (χ1v) is 6.13. The maximum absolute atomic E-state index is 4.17. The third kappa shape index (κ3) is 5.69. The highest BCUT2D eigenvalue weighted by Crippen LogP contribution is 2.07. The van der Waals surface area contributed by atoms with Gasteiger partial charge in [0.1, 0.15) is 0 Å². The van der Waals surface area contributed by atoms with Gasteiger partial charge in [0.05, 0.1) is 6.54 Å². The van der Waals surface area contributed by atoms with E-state index in [-0.39, 0.29) is 24.0 Å². The Bertz CT molecular complexity index is 298. The zero-order valence-electron chi connectivity index (χ0n) is 9.99. The van der Waals surface area contributed by atoms with Crippen LogP contribution in [0.15, 0.2) is 22.5 Å². The van der Waals surface area contributed by atoms with E-state index in [0.29, 0.717) is 6.04 Å². The van der Waals surface area contributed by atoms with E-state index >= 15 is 0 Å². The van der Waals surface area contributed by atoms with Gasteiger partial charge in [-0.1, -0.05) is 13.0 Å². The molecule has 2 N–H and O–H groups in total. The van der Waals surface area contributed by atoms with Crippen molar-refractivity contribution in [2.75, 3.05) is 7.05 Å². The smallest absolute Gasteiger partial charge is 0.191 e. The molecule has 0 spiro atoms. The predicted octanol–water partition coefficient (Wildman–Crippen LogP) is 2.83. The van der Waals surface area contributed by atoms with Gasteiger partial charge < -0.3 is 10.6 Å². The molecule has 0 aliphatic rings. The summed E-state index contributed by atoms with van der Waals surface area (Å²) in [6.45, 7) is 5.15. The van der Waals surface area contributed by atoms with Gasteiger partial charge in [-0.15, -0.1) is 35.3 Å². The second-order valence-electron chi connectivity index (χ2n) is 3.46. The van der Waals surface area contributed by atoms with Crippen LogP contribution in [0.3, 0.4) is 0 Å². The molecule has 1 aromatic rings. The summed E-state index contributed by atoms with van der Waals surface area (Å²) in [6, 6.07) is 4.64.